The van der Waals surface area contributed by atoms with Gasteiger partial charge in [-0.2, -0.15) is 8.78 Å². The number of benzene rings is 2. The normalized spacial score (nSPS) is 10.7. The lowest BCUT2D eigenvalue weighted by atomic mass is 10.1. The number of carbonyl (C=O) groups excluding carboxylic acids is 1. The fourth-order valence-corrected chi connectivity index (χ4v) is 2.30. The largest absolute Gasteiger partial charge is 0.435 e. The topological polar surface area (TPSA) is 55.6 Å². The zero-order chi connectivity index (χ0) is 17.4. The van der Waals surface area contributed by atoms with Gasteiger partial charge in [0.2, 0.25) is 0 Å². The molecule has 0 saturated carbocycles. The number of hydrogen-bond acceptors (Lipinski definition) is 3. The van der Waals surface area contributed by atoms with Crippen molar-refractivity contribution in [1.29, 1.82) is 0 Å². The molecule has 6 heteroatoms. The second-order valence-corrected chi connectivity index (χ2v) is 5.26. The summed E-state index contributed by atoms with van der Waals surface area (Å²) in [6.07, 6.45) is 0.686. The number of nitrogens with two attached hydrogens (primary N) is 1. The number of hydrogen-bond donors (Lipinski definition) is 1. The van der Waals surface area contributed by atoms with E-state index in [-0.39, 0.29) is 11.7 Å². The summed E-state index contributed by atoms with van der Waals surface area (Å²) in [4.78, 5) is 14.4. The maximum Gasteiger partial charge on any atom is 0.387 e. The van der Waals surface area contributed by atoms with Crippen LogP contribution >= 0.6 is 0 Å². The van der Waals surface area contributed by atoms with Crippen LogP contribution in [0.1, 0.15) is 22.3 Å². The van der Waals surface area contributed by atoms with E-state index in [4.69, 9.17) is 5.73 Å². The summed E-state index contributed by atoms with van der Waals surface area (Å²) in [5.74, 6) is -0.144. The molecule has 0 saturated heterocycles. The Bertz CT molecular complexity index is 633. The zero-order valence-electron chi connectivity index (χ0n) is 13.2. The Balaban J connectivity index is 2.11. The first kappa shape index (κ1) is 17.9. The van der Waals surface area contributed by atoms with Crippen LogP contribution in [0.2, 0.25) is 0 Å². The van der Waals surface area contributed by atoms with E-state index >= 15 is 0 Å². The minimum absolute atomic E-state index is 0.0260. The van der Waals surface area contributed by atoms with E-state index < -0.39 is 6.61 Å². The highest BCUT2D eigenvalue weighted by Crippen LogP contribution is 2.17. The van der Waals surface area contributed by atoms with Gasteiger partial charge in [-0.3, -0.25) is 4.79 Å². The lowest BCUT2D eigenvalue weighted by Crippen LogP contribution is -2.32. The van der Waals surface area contributed by atoms with Crippen LogP contribution in [-0.4, -0.2) is 30.5 Å². The van der Waals surface area contributed by atoms with Gasteiger partial charge in [0.25, 0.3) is 5.91 Å². The van der Waals surface area contributed by atoms with E-state index in [0.29, 0.717) is 31.6 Å². The van der Waals surface area contributed by atoms with Gasteiger partial charge in [0.15, 0.2) is 0 Å². The van der Waals surface area contributed by atoms with Gasteiger partial charge in [0.05, 0.1) is 0 Å². The molecule has 0 aromatic heterocycles. The monoisotopic (exact) mass is 334 g/mol. The van der Waals surface area contributed by atoms with E-state index in [0.717, 1.165) is 5.56 Å². The van der Waals surface area contributed by atoms with E-state index in [1.165, 1.54) is 24.3 Å². The van der Waals surface area contributed by atoms with Crippen LogP contribution in [-0.2, 0) is 6.54 Å². The SMILES string of the molecule is NCCCN(Cc1ccccc1)C(=O)c1ccc(OC(F)F)cc1. The van der Waals surface area contributed by atoms with Crippen LogP contribution in [0.5, 0.6) is 5.75 Å². The van der Waals surface area contributed by atoms with Crippen LogP contribution in [0.15, 0.2) is 54.6 Å². The number of halogens is 2. The molecule has 2 rings (SSSR count). The summed E-state index contributed by atoms with van der Waals surface area (Å²) < 4.78 is 28.7. The molecule has 2 aromatic rings. The van der Waals surface area contributed by atoms with E-state index in [1.54, 1.807) is 4.90 Å². The molecule has 0 aliphatic heterocycles. The van der Waals surface area contributed by atoms with Crippen molar-refractivity contribution in [3.8, 4) is 5.75 Å². The van der Waals surface area contributed by atoms with Crippen LogP contribution < -0.4 is 10.5 Å². The number of carbonyl (C=O) groups is 1. The molecule has 0 aliphatic rings. The number of nitrogens with zero attached hydrogens (tertiary/aromatic N) is 1. The third-order valence-electron chi connectivity index (χ3n) is 3.46. The molecule has 4 nitrogen and oxygen atoms in total. The summed E-state index contributed by atoms with van der Waals surface area (Å²) in [5, 5.41) is 0. The van der Waals surface area contributed by atoms with Crippen molar-refractivity contribution in [2.75, 3.05) is 13.1 Å². The van der Waals surface area contributed by atoms with Crippen molar-refractivity contribution >= 4 is 5.91 Å². The molecule has 0 atom stereocenters. The smallest absolute Gasteiger partial charge is 0.387 e. The van der Waals surface area contributed by atoms with Crippen LogP contribution in [0.3, 0.4) is 0 Å². The Morgan fingerprint density at radius 1 is 1.08 bits per heavy atom. The molecule has 1 amide bonds. The molecule has 24 heavy (non-hydrogen) atoms. The lowest BCUT2D eigenvalue weighted by Gasteiger charge is -2.23. The van der Waals surface area contributed by atoms with Crippen molar-refractivity contribution < 1.29 is 18.3 Å². The average Bonchev–Trinajstić information content (AvgIpc) is 2.59. The summed E-state index contributed by atoms with van der Waals surface area (Å²) in [6.45, 7) is -1.40. The molecular formula is C18H20F2N2O2. The van der Waals surface area contributed by atoms with Gasteiger partial charge in [-0.15, -0.1) is 0 Å². The Morgan fingerprint density at radius 2 is 1.75 bits per heavy atom. The van der Waals surface area contributed by atoms with Gasteiger partial charge in [-0.1, -0.05) is 30.3 Å². The minimum atomic E-state index is -2.88. The summed E-state index contributed by atoms with van der Waals surface area (Å²) >= 11 is 0. The van der Waals surface area contributed by atoms with Crippen LogP contribution in [0, 0.1) is 0 Å². The Hall–Kier alpha value is -2.47. The molecule has 0 bridgehead atoms. The number of amides is 1. The molecule has 0 spiro atoms. The van der Waals surface area contributed by atoms with E-state index in [9.17, 15) is 13.6 Å². The molecular weight excluding hydrogens is 314 g/mol. The Kier molecular flexibility index (Phi) is 6.69. The highest BCUT2D eigenvalue weighted by atomic mass is 19.3. The molecule has 2 N–H and O–H groups in total. The molecule has 0 radical (unpaired) electrons. The van der Waals surface area contributed by atoms with Crippen molar-refractivity contribution in [2.24, 2.45) is 5.73 Å². The van der Waals surface area contributed by atoms with Crippen molar-refractivity contribution in [3.05, 3.63) is 65.7 Å². The quantitative estimate of drug-likeness (QED) is 0.806. The molecule has 0 unspecified atom stereocenters. The predicted octanol–water partition coefficient (Wildman–Crippen LogP) is 3.28. The maximum absolute atomic E-state index is 12.7. The van der Waals surface area contributed by atoms with E-state index in [1.807, 2.05) is 30.3 Å². The average molecular weight is 334 g/mol. The Morgan fingerprint density at radius 3 is 2.33 bits per heavy atom. The number of ether oxygens (including phenoxy) is 1. The minimum Gasteiger partial charge on any atom is -0.435 e. The second-order valence-electron chi connectivity index (χ2n) is 5.26. The van der Waals surface area contributed by atoms with Gasteiger partial charge < -0.3 is 15.4 Å². The molecule has 0 heterocycles. The van der Waals surface area contributed by atoms with Gasteiger partial charge in [-0.05, 0) is 42.8 Å². The number of rotatable bonds is 8. The standard InChI is InChI=1S/C18H20F2N2O2/c19-18(20)24-16-9-7-15(8-10-16)17(23)22(12-4-11-21)13-14-5-2-1-3-6-14/h1-3,5-10,18H,4,11-13,21H2. The third-order valence-corrected chi connectivity index (χ3v) is 3.46. The van der Waals surface area contributed by atoms with Gasteiger partial charge in [-0.25, -0.2) is 0 Å². The van der Waals surface area contributed by atoms with Crippen molar-refractivity contribution in [3.63, 3.8) is 0 Å². The van der Waals surface area contributed by atoms with Crippen molar-refractivity contribution in [1.82, 2.24) is 4.90 Å². The maximum atomic E-state index is 12.7. The molecule has 2 aromatic carbocycles. The van der Waals surface area contributed by atoms with Gasteiger partial charge >= 0.3 is 6.61 Å². The Labute approximate surface area is 139 Å². The summed E-state index contributed by atoms with van der Waals surface area (Å²) in [7, 11) is 0. The highest BCUT2D eigenvalue weighted by Gasteiger charge is 2.16. The third kappa shape index (κ3) is 5.31. The molecule has 0 fully saturated rings. The highest BCUT2D eigenvalue weighted by molar-refractivity contribution is 5.94. The first-order valence-corrected chi connectivity index (χ1v) is 7.68. The number of alkyl halides is 2. The first-order valence-electron chi connectivity index (χ1n) is 7.68. The van der Waals surface area contributed by atoms with Crippen LogP contribution in [0.4, 0.5) is 8.78 Å². The van der Waals surface area contributed by atoms with Gasteiger partial charge in [0.1, 0.15) is 5.75 Å². The van der Waals surface area contributed by atoms with Gasteiger partial charge in [0, 0.05) is 18.7 Å². The predicted molar refractivity (Wildman–Crippen MR) is 87.9 cm³/mol. The fourth-order valence-electron chi connectivity index (χ4n) is 2.30. The van der Waals surface area contributed by atoms with Crippen molar-refractivity contribution in [2.45, 2.75) is 19.6 Å². The first-order chi connectivity index (χ1) is 11.6. The molecule has 128 valence electrons. The second kappa shape index (κ2) is 8.98. The van der Waals surface area contributed by atoms with E-state index in [2.05, 4.69) is 4.74 Å². The zero-order valence-corrected chi connectivity index (χ0v) is 13.2. The summed E-state index contributed by atoms with van der Waals surface area (Å²) in [6, 6.07) is 15.3. The summed E-state index contributed by atoms with van der Waals surface area (Å²) in [5.41, 5.74) is 6.98. The fraction of sp³-hybridized carbons (Fsp3) is 0.278. The molecule has 0 aliphatic carbocycles. The van der Waals surface area contributed by atoms with Crippen LogP contribution in [0.25, 0.3) is 0 Å². The lowest BCUT2D eigenvalue weighted by molar-refractivity contribution is -0.0498.